The highest BCUT2D eigenvalue weighted by Crippen LogP contribution is 2.43. The second-order valence-corrected chi connectivity index (χ2v) is 9.36. The van der Waals surface area contributed by atoms with Crippen LogP contribution < -0.4 is 14.4 Å². The molecule has 1 saturated heterocycles. The van der Waals surface area contributed by atoms with E-state index in [1.807, 2.05) is 77.1 Å². The van der Waals surface area contributed by atoms with Gasteiger partial charge in [-0.1, -0.05) is 18.2 Å². The molecule has 1 atom stereocenters. The predicted molar refractivity (Wildman–Crippen MR) is 141 cm³/mol. The summed E-state index contributed by atoms with van der Waals surface area (Å²) >= 11 is 0. The number of methoxy groups -OCH3 is 1. The van der Waals surface area contributed by atoms with Crippen molar-refractivity contribution in [2.75, 3.05) is 12.0 Å². The minimum absolute atomic E-state index is 0.0354. The molecule has 6 heteroatoms. The lowest BCUT2D eigenvalue weighted by molar-refractivity contribution is -0.132. The number of anilines is 1. The maximum absolute atomic E-state index is 13.5. The minimum Gasteiger partial charge on any atom is -0.507 e. The van der Waals surface area contributed by atoms with Gasteiger partial charge in [-0.15, -0.1) is 0 Å². The third kappa shape index (κ3) is 4.59. The van der Waals surface area contributed by atoms with Crippen molar-refractivity contribution in [1.29, 1.82) is 0 Å². The van der Waals surface area contributed by atoms with E-state index < -0.39 is 17.7 Å². The average Bonchev–Trinajstić information content (AvgIpc) is 3.10. The van der Waals surface area contributed by atoms with Gasteiger partial charge in [-0.25, -0.2) is 0 Å². The van der Waals surface area contributed by atoms with Crippen LogP contribution in [-0.4, -0.2) is 30.0 Å². The molecule has 3 aromatic carbocycles. The van der Waals surface area contributed by atoms with E-state index in [4.69, 9.17) is 9.47 Å². The number of ether oxygens (including phenoxy) is 2. The summed E-state index contributed by atoms with van der Waals surface area (Å²) in [5.74, 6) is -0.393. The van der Waals surface area contributed by atoms with Crippen molar-refractivity contribution in [2.24, 2.45) is 0 Å². The Bertz CT molecular complexity index is 1370. The summed E-state index contributed by atoms with van der Waals surface area (Å²) in [6.07, 6.45) is -0.0479. The zero-order chi connectivity index (χ0) is 26.1. The van der Waals surface area contributed by atoms with Crippen LogP contribution in [-0.2, 0) is 9.59 Å². The van der Waals surface area contributed by atoms with Crippen LogP contribution in [0.3, 0.4) is 0 Å². The molecular weight excluding hydrogens is 454 g/mol. The Hall–Kier alpha value is -4.06. The molecule has 186 valence electrons. The lowest BCUT2D eigenvalue weighted by Crippen LogP contribution is -2.29. The first-order valence-corrected chi connectivity index (χ1v) is 11.9. The van der Waals surface area contributed by atoms with Gasteiger partial charge in [0.25, 0.3) is 11.7 Å². The zero-order valence-electron chi connectivity index (χ0n) is 21.5. The highest BCUT2D eigenvalue weighted by atomic mass is 16.5. The molecule has 1 aliphatic heterocycles. The van der Waals surface area contributed by atoms with E-state index in [-0.39, 0.29) is 17.4 Å². The van der Waals surface area contributed by atoms with Crippen molar-refractivity contribution >= 4 is 23.1 Å². The molecule has 6 nitrogen and oxygen atoms in total. The van der Waals surface area contributed by atoms with Gasteiger partial charge >= 0.3 is 0 Å². The fraction of sp³-hybridized carbons (Fsp3) is 0.267. The number of rotatable bonds is 6. The van der Waals surface area contributed by atoms with Crippen LogP contribution >= 0.6 is 0 Å². The molecule has 1 heterocycles. The van der Waals surface area contributed by atoms with Gasteiger partial charge < -0.3 is 14.6 Å². The second-order valence-electron chi connectivity index (χ2n) is 9.36. The fourth-order valence-electron chi connectivity index (χ4n) is 4.49. The van der Waals surface area contributed by atoms with Crippen LogP contribution in [0.5, 0.6) is 11.5 Å². The summed E-state index contributed by atoms with van der Waals surface area (Å²) in [6.45, 7) is 9.63. The number of hydrogen-bond acceptors (Lipinski definition) is 5. The van der Waals surface area contributed by atoms with Crippen molar-refractivity contribution < 1.29 is 24.2 Å². The topological polar surface area (TPSA) is 76.1 Å². The van der Waals surface area contributed by atoms with Crippen LogP contribution in [0, 0.1) is 20.8 Å². The number of carbonyl (C=O) groups excluding carboxylic acids is 2. The second kappa shape index (κ2) is 9.90. The van der Waals surface area contributed by atoms with E-state index in [1.54, 1.807) is 25.3 Å². The molecule has 1 fully saturated rings. The molecule has 1 aliphatic rings. The Kier molecular flexibility index (Phi) is 6.88. The Morgan fingerprint density at radius 1 is 0.889 bits per heavy atom. The highest BCUT2D eigenvalue weighted by molar-refractivity contribution is 6.51. The van der Waals surface area contributed by atoms with Gasteiger partial charge in [0.1, 0.15) is 17.3 Å². The monoisotopic (exact) mass is 485 g/mol. The van der Waals surface area contributed by atoms with Crippen LogP contribution in [0.1, 0.15) is 47.7 Å². The number of carbonyl (C=O) groups is 2. The smallest absolute Gasteiger partial charge is 0.300 e. The zero-order valence-corrected chi connectivity index (χ0v) is 21.5. The van der Waals surface area contributed by atoms with Gasteiger partial charge in [0.2, 0.25) is 0 Å². The number of aryl methyl sites for hydroxylation is 3. The summed E-state index contributed by atoms with van der Waals surface area (Å²) in [4.78, 5) is 28.4. The molecule has 4 rings (SSSR count). The molecule has 3 aromatic rings. The Morgan fingerprint density at radius 3 is 2.28 bits per heavy atom. The van der Waals surface area contributed by atoms with E-state index in [1.165, 1.54) is 4.90 Å². The maximum atomic E-state index is 13.5. The fourth-order valence-corrected chi connectivity index (χ4v) is 4.49. The summed E-state index contributed by atoms with van der Waals surface area (Å²) in [5, 5.41) is 11.5. The van der Waals surface area contributed by atoms with E-state index >= 15 is 0 Å². The van der Waals surface area contributed by atoms with Crippen molar-refractivity contribution in [3.05, 3.63) is 94.1 Å². The van der Waals surface area contributed by atoms with Gasteiger partial charge in [-0.05, 0) is 99.3 Å². The Balaban J connectivity index is 1.96. The van der Waals surface area contributed by atoms with Crippen molar-refractivity contribution in [3.63, 3.8) is 0 Å². The molecule has 0 radical (unpaired) electrons. The SMILES string of the molecule is COc1ccc(/C(O)=C2\C(=O)C(=O)N(c3ccc(C)c(C)c3)C2c2cccc(OC(C)C)c2)c(C)c1. The first-order chi connectivity index (χ1) is 17.1. The van der Waals surface area contributed by atoms with E-state index in [0.717, 1.165) is 16.7 Å². The van der Waals surface area contributed by atoms with Gasteiger partial charge in [-0.2, -0.15) is 0 Å². The standard InChI is InChI=1S/C30H31NO5/c1-17(2)36-24-9-7-8-21(16-24)27-26(28(32)25-13-12-23(35-6)15-20(25)5)29(33)30(34)31(27)22-11-10-18(3)19(4)14-22/h7-17,27,32H,1-6H3/b28-26+. The number of aliphatic hydroxyl groups is 1. The third-order valence-electron chi connectivity index (χ3n) is 6.45. The molecule has 1 unspecified atom stereocenters. The largest absolute Gasteiger partial charge is 0.507 e. The number of ketones is 1. The summed E-state index contributed by atoms with van der Waals surface area (Å²) in [6, 6.07) is 17.3. The lowest BCUT2D eigenvalue weighted by Gasteiger charge is -2.26. The molecular formula is C30H31NO5. The normalized spacial score (nSPS) is 17.1. The quantitative estimate of drug-likeness (QED) is 0.262. The molecule has 1 N–H and O–H groups in total. The molecule has 1 amide bonds. The molecule has 0 saturated carbocycles. The summed E-state index contributed by atoms with van der Waals surface area (Å²) in [5.41, 5.74) is 4.55. The third-order valence-corrected chi connectivity index (χ3v) is 6.45. The van der Waals surface area contributed by atoms with Crippen LogP contribution in [0.15, 0.2) is 66.2 Å². The first-order valence-electron chi connectivity index (χ1n) is 11.9. The van der Waals surface area contributed by atoms with Gasteiger partial charge in [0.05, 0.1) is 24.8 Å². The number of aliphatic hydroxyl groups excluding tert-OH is 1. The van der Waals surface area contributed by atoms with Gasteiger partial charge in [0.15, 0.2) is 0 Å². The van der Waals surface area contributed by atoms with Gasteiger partial charge in [-0.3, -0.25) is 14.5 Å². The molecule has 0 spiro atoms. The predicted octanol–water partition coefficient (Wildman–Crippen LogP) is 6.03. The molecule has 36 heavy (non-hydrogen) atoms. The number of hydrogen-bond donors (Lipinski definition) is 1. The van der Waals surface area contributed by atoms with Crippen molar-refractivity contribution in [2.45, 2.75) is 46.8 Å². The van der Waals surface area contributed by atoms with Crippen LogP contribution in [0.25, 0.3) is 5.76 Å². The van der Waals surface area contributed by atoms with Crippen molar-refractivity contribution in [3.8, 4) is 11.5 Å². The Labute approximate surface area is 211 Å². The number of benzene rings is 3. The Morgan fingerprint density at radius 2 is 1.64 bits per heavy atom. The molecule has 0 aromatic heterocycles. The summed E-state index contributed by atoms with van der Waals surface area (Å²) < 4.78 is 11.2. The molecule has 0 aliphatic carbocycles. The lowest BCUT2D eigenvalue weighted by atomic mass is 9.93. The highest BCUT2D eigenvalue weighted by Gasteiger charge is 2.47. The van der Waals surface area contributed by atoms with E-state index in [0.29, 0.717) is 28.3 Å². The van der Waals surface area contributed by atoms with E-state index in [9.17, 15) is 14.7 Å². The van der Waals surface area contributed by atoms with E-state index in [2.05, 4.69) is 0 Å². The number of Topliss-reactive ketones (excluding diaryl/α,β-unsaturated/α-hetero) is 1. The number of nitrogens with zero attached hydrogens (tertiary/aromatic N) is 1. The maximum Gasteiger partial charge on any atom is 0.300 e. The van der Waals surface area contributed by atoms with Crippen LogP contribution in [0.4, 0.5) is 5.69 Å². The molecule has 0 bridgehead atoms. The van der Waals surface area contributed by atoms with Gasteiger partial charge in [0, 0.05) is 11.3 Å². The average molecular weight is 486 g/mol. The first kappa shape index (κ1) is 25.0. The summed E-state index contributed by atoms with van der Waals surface area (Å²) in [7, 11) is 1.57. The van der Waals surface area contributed by atoms with Crippen LogP contribution in [0.2, 0.25) is 0 Å². The number of amides is 1. The minimum atomic E-state index is -0.829. The van der Waals surface area contributed by atoms with Crippen molar-refractivity contribution in [1.82, 2.24) is 0 Å².